The monoisotopic (exact) mass is 1600 g/mol. The van der Waals surface area contributed by atoms with E-state index in [-0.39, 0.29) is 123 Å². The number of urea groups is 1. The van der Waals surface area contributed by atoms with Crippen molar-refractivity contribution in [1.29, 1.82) is 0 Å². The lowest BCUT2D eigenvalue weighted by molar-refractivity contribution is -0.156. The third kappa shape index (κ3) is 32.8. The molecular formula is C82H133N13O17S. The van der Waals surface area contributed by atoms with Crippen LogP contribution in [0.2, 0.25) is 0 Å². The Morgan fingerprint density at radius 1 is 0.708 bits per heavy atom. The van der Waals surface area contributed by atoms with Crippen molar-refractivity contribution in [2.24, 2.45) is 35.3 Å². The van der Waals surface area contributed by atoms with Crippen LogP contribution in [0.4, 0.5) is 15.3 Å². The molecule has 0 unspecified atom stereocenters. The molecule has 2 aliphatic rings. The number of benzene rings is 2. The summed E-state index contributed by atoms with van der Waals surface area (Å²) in [5.74, 6) is -4.61. The molecule has 0 spiro atoms. The van der Waals surface area contributed by atoms with Crippen LogP contribution in [0.1, 0.15) is 183 Å². The minimum Gasteiger partial charge on any atom is -0.460 e. The van der Waals surface area contributed by atoms with Gasteiger partial charge in [0.25, 0.3) is 0 Å². The highest BCUT2D eigenvalue weighted by atomic mass is 32.1. The summed E-state index contributed by atoms with van der Waals surface area (Å²) < 4.78 is 33.4. The number of likely N-dealkylation sites (tertiary alicyclic amines) is 1. The van der Waals surface area contributed by atoms with Crippen LogP contribution in [-0.2, 0) is 84.4 Å². The highest BCUT2D eigenvalue weighted by molar-refractivity contribution is 7.09. The summed E-state index contributed by atoms with van der Waals surface area (Å²) >= 11 is 1.49. The molecule has 3 heterocycles. The second kappa shape index (κ2) is 50.1. The summed E-state index contributed by atoms with van der Waals surface area (Å²) in [7, 11) is 7.56. The first-order chi connectivity index (χ1) is 53.6. The minimum absolute atomic E-state index is 0.00210. The smallest absolute Gasteiger partial charge is 0.409 e. The molecule has 2 saturated heterocycles. The van der Waals surface area contributed by atoms with E-state index in [1.807, 2.05) is 129 Å². The average Bonchev–Trinajstić information content (AvgIpc) is 1.78. The van der Waals surface area contributed by atoms with Gasteiger partial charge >= 0.3 is 18.1 Å². The first kappa shape index (κ1) is 97.0. The number of hydrogen-bond acceptors (Lipinski definition) is 20. The predicted octanol–water partition coefficient (Wildman–Crippen LogP) is 7.71. The lowest BCUT2D eigenvalue weighted by Crippen LogP contribution is -2.60. The number of amides is 11. The number of carbonyl (C=O) groups excluding carboxylic acids is 11. The van der Waals surface area contributed by atoms with Gasteiger partial charge in [-0.2, -0.15) is 0 Å². The fraction of sp³-hybridized carbons (Fsp3) is 0.683. The van der Waals surface area contributed by atoms with Crippen molar-refractivity contribution in [2.75, 3.05) is 99.9 Å². The fourth-order valence-corrected chi connectivity index (χ4v) is 14.8. The summed E-state index contributed by atoms with van der Waals surface area (Å²) in [4.78, 5) is 156. The number of aryl methyl sites for hydroxylation is 1. The summed E-state index contributed by atoms with van der Waals surface area (Å²) in [5.41, 5.74) is 7.38. The zero-order valence-electron chi connectivity index (χ0n) is 70.2. The largest absolute Gasteiger partial charge is 0.460 e. The Bertz CT molecular complexity index is 3410. The van der Waals surface area contributed by atoms with E-state index in [2.05, 4.69) is 42.2 Å². The molecular weight excluding hydrogens is 1470 g/mol. The first-order valence-corrected chi connectivity index (χ1v) is 40.9. The van der Waals surface area contributed by atoms with Gasteiger partial charge in [0.05, 0.1) is 82.6 Å². The van der Waals surface area contributed by atoms with Gasteiger partial charge in [-0.1, -0.05) is 118 Å². The topological polar surface area (TPSA) is 379 Å². The van der Waals surface area contributed by atoms with Gasteiger partial charge in [0.15, 0.2) is 0 Å². The molecule has 5 rings (SSSR count). The number of ether oxygens (including phenoxy) is 6. The van der Waals surface area contributed by atoms with Crippen LogP contribution in [0.15, 0.2) is 66.2 Å². The lowest BCUT2D eigenvalue weighted by Gasteiger charge is -2.41. The van der Waals surface area contributed by atoms with E-state index in [1.165, 1.54) is 30.4 Å². The predicted molar refractivity (Wildman–Crippen MR) is 434 cm³/mol. The Kier molecular flexibility index (Phi) is 43.0. The van der Waals surface area contributed by atoms with Gasteiger partial charge in [0, 0.05) is 84.1 Å². The Hall–Kier alpha value is -8.36. The number of esters is 1. The quantitative estimate of drug-likeness (QED) is 0.0198. The SMILES string of the molecule is CC[C@H](C)[C@@H]([C@@H](CC(=O)N1CCC[C@H]1[C@H](OC)[C@@H](C)C(=O)N[C@@H](Cc1ccccc1)c1nccs1)OC)N(C)C(=O)[C@@H](NC(=O)[C@H](C(C)C)N(C)C(=O)OC)C(C)C.CCc1ccc(NC(=O)[C@H](CCCNC(N)=O)NC(=O)[C@@H](NC(=O)CCC(=O)N(CCOCCOCCC(=O)OC(C)(C)C)C2CCNCC2)C(C)C)cc1. The number of likely N-dealkylation sites (N-methyl/N-ethyl adjacent to an activating group) is 2. The van der Waals surface area contributed by atoms with Crippen LogP contribution in [0.5, 0.6) is 0 Å². The maximum atomic E-state index is 14.4. The molecule has 0 aliphatic carbocycles. The third-order valence-electron chi connectivity index (χ3n) is 20.5. The molecule has 3 aromatic rings. The Labute approximate surface area is 674 Å². The van der Waals surface area contributed by atoms with E-state index in [1.54, 1.807) is 63.2 Å². The summed E-state index contributed by atoms with van der Waals surface area (Å²) in [6.45, 7) is 27.9. The van der Waals surface area contributed by atoms with E-state index in [0.717, 1.165) is 54.9 Å². The molecule has 11 atom stereocenters. The molecule has 2 aromatic carbocycles. The lowest BCUT2D eigenvalue weighted by atomic mass is 9.89. The molecule has 9 N–H and O–H groups in total. The fourth-order valence-electron chi connectivity index (χ4n) is 14.1. The number of hydrogen-bond donors (Lipinski definition) is 8. The van der Waals surface area contributed by atoms with Crippen LogP contribution in [0.25, 0.3) is 0 Å². The molecule has 0 bridgehead atoms. The highest BCUT2D eigenvalue weighted by Crippen LogP contribution is 2.31. The number of nitrogens with zero attached hydrogens (tertiary/aromatic N) is 5. The van der Waals surface area contributed by atoms with Crippen molar-refractivity contribution in [2.45, 2.75) is 240 Å². The Morgan fingerprint density at radius 2 is 1.36 bits per heavy atom. The van der Waals surface area contributed by atoms with E-state index in [9.17, 15) is 52.7 Å². The molecule has 113 heavy (non-hydrogen) atoms. The van der Waals surface area contributed by atoms with E-state index >= 15 is 0 Å². The normalized spacial score (nSPS) is 16.4. The maximum Gasteiger partial charge on any atom is 0.409 e. The number of primary amides is 1. The van der Waals surface area contributed by atoms with E-state index in [4.69, 9.17) is 34.2 Å². The van der Waals surface area contributed by atoms with E-state index in [0.29, 0.717) is 57.7 Å². The van der Waals surface area contributed by atoms with Crippen molar-refractivity contribution in [1.82, 2.24) is 56.5 Å². The summed E-state index contributed by atoms with van der Waals surface area (Å²) in [5, 5.41) is 23.0. The molecule has 1 aromatic heterocycles. The molecule has 0 radical (unpaired) electrons. The van der Waals surface area contributed by atoms with Crippen molar-refractivity contribution < 1.29 is 81.2 Å². The number of nitrogens with two attached hydrogens (primary N) is 1. The first-order valence-electron chi connectivity index (χ1n) is 40.0. The summed E-state index contributed by atoms with van der Waals surface area (Å²) in [6, 6.07) is 11.8. The van der Waals surface area contributed by atoms with Gasteiger partial charge in [0.2, 0.25) is 47.3 Å². The zero-order chi connectivity index (χ0) is 84.1. The molecule has 30 nitrogen and oxygen atoms in total. The van der Waals surface area contributed by atoms with Crippen LogP contribution < -0.4 is 43.0 Å². The third-order valence-corrected chi connectivity index (χ3v) is 21.4. The highest BCUT2D eigenvalue weighted by Gasteiger charge is 2.44. The number of rotatable bonds is 45. The Morgan fingerprint density at radius 3 is 1.93 bits per heavy atom. The number of anilines is 1. The van der Waals surface area contributed by atoms with Gasteiger partial charge in [-0.05, 0) is 132 Å². The molecule has 2 fully saturated rings. The van der Waals surface area contributed by atoms with Crippen LogP contribution in [-0.4, -0.2) is 245 Å². The van der Waals surface area contributed by atoms with Crippen LogP contribution in [0, 0.1) is 29.6 Å². The minimum atomic E-state index is -0.967. The Balaban J connectivity index is 0.000000477. The van der Waals surface area contributed by atoms with Crippen molar-refractivity contribution in [3.63, 3.8) is 0 Å². The van der Waals surface area contributed by atoms with Gasteiger partial charge < -0.3 is 86.1 Å². The van der Waals surface area contributed by atoms with Gasteiger partial charge in [0.1, 0.15) is 34.8 Å². The molecule has 634 valence electrons. The number of nitrogens with one attached hydrogen (secondary N) is 7. The molecule has 31 heteroatoms. The standard InChI is InChI=1S/C43H68N6O8S.C39H65N7O9/c1-13-28(6)37(47(8)42(53)35(26(2)3)46-40(52)36(27(4)5)48(9)43(54)57-12)33(55-10)25-34(50)49-22-17-20-32(49)38(56-11)29(7)39(51)45-31(41-44-21-23-58-41)24-30-18-15-14-16-19-30;1-7-28-10-12-29(13-11-28)43-36(50)31(9-8-19-42-38(40)52)44-37(51)35(27(2)3)45-32(47)14-15-33(48)46(30-16-20-41-21-17-30)22-24-54-26-25-53-23-18-34(49)55-39(4,5)6/h14-16,18-19,21,23,26-29,31-33,35-38H,13,17,20,22,24-25H2,1-12H3,(H,45,51)(H,46,52);10-13,27,30-31,35,41H,7-9,14-26H2,1-6H3,(H,43,50)(H,44,51)(H,45,47)(H3,40,42,52)/t28-,29+,31-,32-,33+,35-,36-,37-,38+;31-,35-/m00/s1. The number of piperidine rings is 1. The van der Waals surface area contributed by atoms with Crippen LogP contribution in [0.3, 0.4) is 0 Å². The number of thiazole rings is 1. The van der Waals surface area contributed by atoms with Crippen molar-refractivity contribution in [3.8, 4) is 0 Å². The second-order valence-corrected chi connectivity index (χ2v) is 32.1. The van der Waals surface area contributed by atoms with Gasteiger partial charge in [-0.25, -0.2) is 14.6 Å². The van der Waals surface area contributed by atoms with Crippen molar-refractivity contribution in [3.05, 3.63) is 82.3 Å². The van der Waals surface area contributed by atoms with Gasteiger partial charge in [-0.15, -0.1) is 11.3 Å². The maximum absolute atomic E-state index is 14.4. The number of aromatic nitrogens is 1. The summed E-state index contributed by atoms with van der Waals surface area (Å²) in [6.07, 6.45) is 5.48. The molecule has 2 aliphatic heterocycles. The zero-order valence-corrected chi connectivity index (χ0v) is 71.0. The number of methoxy groups -OCH3 is 3. The number of carbonyl (C=O) groups is 11. The average molecular weight is 1610 g/mol. The molecule has 0 saturated carbocycles. The molecule has 11 amide bonds. The van der Waals surface area contributed by atoms with E-state index < -0.39 is 89.7 Å². The van der Waals surface area contributed by atoms with Crippen LogP contribution >= 0.6 is 11.3 Å². The van der Waals surface area contributed by atoms with Crippen molar-refractivity contribution >= 4 is 82.4 Å². The second-order valence-electron chi connectivity index (χ2n) is 31.2. The van der Waals surface area contributed by atoms with Gasteiger partial charge in [-0.3, -0.25) is 48.1 Å².